The molecule has 0 aliphatic heterocycles. The molecule has 5 aromatic rings. The highest BCUT2D eigenvalue weighted by Gasteiger charge is 2.40. The largest absolute Gasteiger partial charge is 0.441 e. The maximum atomic E-state index is 13.7. The van der Waals surface area contributed by atoms with Gasteiger partial charge in [-0.1, -0.05) is 116 Å². The van der Waals surface area contributed by atoms with Crippen LogP contribution in [0.2, 0.25) is 0 Å². The highest BCUT2D eigenvalue weighted by atomic mass is 31.2. The Morgan fingerprint density at radius 1 is 0.510 bits per heavy atom. The van der Waals surface area contributed by atoms with Crippen LogP contribution in [0.25, 0.3) is 43.8 Å². The molecule has 0 heterocycles. The number of aryl methyl sites for hydroxylation is 6. The number of hydrogen-bond donors (Lipinski definition) is 3. The van der Waals surface area contributed by atoms with E-state index >= 15 is 0 Å². The van der Waals surface area contributed by atoms with Crippen LogP contribution in [0.5, 0.6) is 0 Å². The fraction of sp³-hybridized carbons (Fsp3) is 0.413. The van der Waals surface area contributed by atoms with Crippen molar-refractivity contribution in [1.29, 1.82) is 0 Å². The Labute approximate surface area is 306 Å². The number of carbonyl (C=O) groups excluding carboxylic acids is 1. The molecular weight excluding hydrogens is 647 g/mol. The van der Waals surface area contributed by atoms with Gasteiger partial charge in [-0.15, -0.1) is 0 Å². The van der Waals surface area contributed by atoms with E-state index in [0.717, 1.165) is 110 Å². The minimum atomic E-state index is -4.53. The molecule has 0 aromatic heterocycles. The molecular formula is C46H58O4P+. The molecule has 270 valence electrons. The van der Waals surface area contributed by atoms with Crippen LogP contribution in [0.1, 0.15) is 131 Å². The molecule has 0 radical (unpaired) electrons. The quantitative estimate of drug-likeness (QED) is 0.0705. The van der Waals surface area contributed by atoms with Crippen LogP contribution in [0.15, 0.2) is 60.7 Å². The van der Waals surface area contributed by atoms with E-state index in [9.17, 15) is 19.5 Å². The summed E-state index contributed by atoms with van der Waals surface area (Å²) in [6, 6.07) is 21.6. The summed E-state index contributed by atoms with van der Waals surface area (Å²) in [6.07, 6.45) is 11.4. The topological polar surface area (TPSA) is 77.8 Å². The summed E-state index contributed by atoms with van der Waals surface area (Å²) in [6.45, 7) is 14.8. The molecule has 5 heteroatoms. The summed E-state index contributed by atoms with van der Waals surface area (Å²) < 4.78 is 0. The average molecular weight is 706 g/mol. The van der Waals surface area contributed by atoms with Gasteiger partial charge in [-0.05, 0) is 136 Å². The molecule has 0 unspecified atom stereocenters. The SMILES string of the molecule is CCCc1cc(CCC)c2cc(-c3c(C(C)=O)ccc([P+](O)(O)O)c3-c3cc4c(CCC)cc(CCC)cc4cc3CCC)c(CCC)cc2c1. The first kappa shape index (κ1) is 38.8. The Bertz CT molecular complexity index is 2030. The van der Waals surface area contributed by atoms with E-state index in [4.69, 9.17) is 0 Å². The van der Waals surface area contributed by atoms with Gasteiger partial charge in [0.15, 0.2) is 11.1 Å². The van der Waals surface area contributed by atoms with Gasteiger partial charge in [0.2, 0.25) is 0 Å². The summed E-state index contributed by atoms with van der Waals surface area (Å²) >= 11 is 0. The standard InChI is InChI=1S/C46H58O4P/c1-8-14-31-22-33(16-10-3)40-28-42(35(18-12-5)26-37(40)24-31)45-39(30(7)47)20-21-44(51(48,49)50)46(45)43-29-41-34(17-11-4)23-32(15-9-2)25-38(41)27-36(43)19-13-6/h20-29,48-50H,8-19H2,1-7H3/q+1. The third-order valence-electron chi connectivity index (χ3n) is 10.2. The third-order valence-corrected chi connectivity index (χ3v) is 11.2. The van der Waals surface area contributed by atoms with Crippen LogP contribution in [0.3, 0.4) is 0 Å². The van der Waals surface area contributed by atoms with E-state index in [1.807, 2.05) is 0 Å². The Hall–Kier alpha value is -3.40. The molecule has 0 spiro atoms. The zero-order valence-electron chi connectivity index (χ0n) is 32.0. The zero-order valence-corrected chi connectivity index (χ0v) is 32.9. The minimum absolute atomic E-state index is 0.0912. The summed E-state index contributed by atoms with van der Waals surface area (Å²) in [5.74, 6) is -0.0983. The number of hydrogen-bond acceptors (Lipinski definition) is 4. The van der Waals surface area contributed by atoms with E-state index in [1.54, 1.807) is 19.1 Å². The molecule has 0 amide bonds. The maximum absolute atomic E-state index is 13.7. The lowest BCUT2D eigenvalue weighted by molar-refractivity contribution is 0.101. The lowest BCUT2D eigenvalue weighted by Gasteiger charge is -2.24. The highest BCUT2D eigenvalue weighted by Crippen LogP contribution is 2.51. The average Bonchev–Trinajstić information content (AvgIpc) is 3.07. The molecule has 0 fully saturated rings. The Morgan fingerprint density at radius 3 is 1.31 bits per heavy atom. The number of ketones is 1. The normalized spacial score (nSPS) is 12.0. The molecule has 0 saturated carbocycles. The van der Waals surface area contributed by atoms with Crippen molar-refractivity contribution >= 4 is 40.6 Å². The van der Waals surface area contributed by atoms with Gasteiger partial charge in [-0.25, -0.2) is 0 Å². The van der Waals surface area contributed by atoms with Crippen LogP contribution in [0, 0.1) is 0 Å². The number of rotatable bonds is 16. The zero-order chi connectivity index (χ0) is 36.9. The minimum Gasteiger partial charge on any atom is -0.294 e. The molecule has 3 N–H and O–H groups in total. The van der Waals surface area contributed by atoms with Crippen molar-refractivity contribution in [3.05, 3.63) is 99.6 Å². The smallest absolute Gasteiger partial charge is 0.294 e. The van der Waals surface area contributed by atoms with Crippen LogP contribution < -0.4 is 5.30 Å². The van der Waals surface area contributed by atoms with Crippen molar-refractivity contribution in [1.82, 2.24) is 0 Å². The number of Topliss-reactive ketones (excluding diaryl/α,β-unsaturated/α-hetero) is 1. The van der Waals surface area contributed by atoms with Crippen LogP contribution in [-0.4, -0.2) is 20.5 Å². The molecule has 51 heavy (non-hydrogen) atoms. The van der Waals surface area contributed by atoms with Gasteiger partial charge in [-0.3, -0.25) is 4.79 Å². The fourth-order valence-electron chi connectivity index (χ4n) is 8.13. The van der Waals surface area contributed by atoms with Crippen molar-refractivity contribution in [2.75, 3.05) is 0 Å². The van der Waals surface area contributed by atoms with E-state index in [-0.39, 0.29) is 11.1 Å². The van der Waals surface area contributed by atoms with Gasteiger partial charge in [0.05, 0.1) is 0 Å². The first-order valence-corrected chi connectivity index (χ1v) is 21.1. The molecule has 5 rings (SSSR count). The van der Waals surface area contributed by atoms with Crippen molar-refractivity contribution in [3.63, 3.8) is 0 Å². The second-order valence-electron chi connectivity index (χ2n) is 14.5. The molecule has 0 atom stereocenters. The fourth-order valence-corrected chi connectivity index (χ4v) is 8.94. The monoisotopic (exact) mass is 705 g/mol. The van der Waals surface area contributed by atoms with Gasteiger partial charge in [0.1, 0.15) is 0 Å². The molecule has 0 bridgehead atoms. The second-order valence-corrected chi connectivity index (χ2v) is 16.1. The lowest BCUT2D eigenvalue weighted by Crippen LogP contribution is -2.17. The predicted molar refractivity (Wildman–Crippen MR) is 220 cm³/mol. The summed E-state index contributed by atoms with van der Waals surface area (Å²) in [5, 5.41) is 4.78. The highest BCUT2D eigenvalue weighted by molar-refractivity contribution is 7.67. The first-order chi connectivity index (χ1) is 24.5. The number of benzene rings is 5. The molecule has 0 aliphatic carbocycles. The van der Waals surface area contributed by atoms with E-state index in [2.05, 4.69) is 90.1 Å². The Morgan fingerprint density at radius 2 is 0.922 bits per heavy atom. The van der Waals surface area contributed by atoms with Gasteiger partial charge in [0, 0.05) is 16.7 Å². The first-order valence-electron chi connectivity index (χ1n) is 19.4. The molecule has 4 nitrogen and oxygen atoms in total. The summed E-state index contributed by atoms with van der Waals surface area (Å²) in [7, 11) is -4.53. The second kappa shape index (κ2) is 17.0. The summed E-state index contributed by atoms with van der Waals surface area (Å²) in [5.41, 5.74) is 11.0. The van der Waals surface area contributed by atoms with Crippen molar-refractivity contribution in [3.8, 4) is 22.3 Å². The van der Waals surface area contributed by atoms with Crippen LogP contribution in [-0.2, 0) is 38.5 Å². The van der Waals surface area contributed by atoms with Gasteiger partial charge >= 0.3 is 7.94 Å². The van der Waals surface area contributed by atoms with Gasteiger partial charge in [0.25, 0.3) is 0 Å². The summed E-state index contributed by atoms with van der Waals surface area (Å²) in [4.78, 5) is 47.2. The molecule has 0 aliphatic rings. The Kier molecular flexibility index (Phi) is 12.9. The van der Waals surface area contributed by atoms with Gasteiger partial charge < -0.3 is 0 Å². The maximum Gasteiger partial charge on any atom is 0.441 e. The van der Waals surface area contributed by atoms with Crippen molar-refractivity contribution < 1.29 is 19.5 Å². The van der Waals surface area contributed by atoms with E-state index in [0.29, 0.717) is 16.7 Å². The number of carbonyl (C=O) groups is 1. The lowest BCUT2D eigenvalue weighted by atomic mass is 9.81. The molecule has 5 aromatic carbocycles. The number of fused-ring (bicyclic) bond motifs is 2. The van der Waals surface area contributed by atoms with Crippen LogP contribution >= 0.6 is 7.94 Å². The van der Waals surface area contributed by atoms with E-state index < -0.39 is 7.94 Å². The Balaban J connectivity index is 2.00. The van der Waals surface area contributed by atoms with Gasteiger partial charge in [-0.2, -0.15) is 14.7 Å². The third kappa shape index (κ3) is 8.31. The van der Waals surface area contributed by atoms with Crippen molar-refractivity contribution in [2.24, 2.45) is 0 Å². The van der Waals surface area contributed by atoms with Crippen molar-refractivity contribution in [2.45, 2.75) is 126 Å². The van der Waals surface area contributed by atoms with E-state index in [1.165, 1.54) is 33.0 Å². The molecule has 0 saturated heterocycles. The van der Waals surface area contributed by atoms with Crippen LogP contribution in [0.4, 0.5) is 0 Å². The predicted octanol–water partition coefficient (Wildman–Crippen LogP) is 11.6.